The second kappa shape index (κ2) is 4.47. The average Bonchev–Trinajstić information content (AvgIpc) is 2.02. The summed E-state index contributed by atoms with van der Waals surface area (Å²) < 4.78 is 0. The molecule has 0 heterocycles. The Kier molecular flexibility index (Phi) is 3.80. The average molecular weight is 255 g/mol. The van der Waals surface area contributed by atoms with Gasteiger partial charge in [0.1, 0.15) is 0 Å². The Balaban J connectivity index is 3.37. The van der Waals surface area contributed by atoms with E-state index in [9.17, 15) is 0 Å². The van der Waals surface area contributed by atoms with E-state index in [1.54, 1.807) is 12.1 Å². The molecule has 0 spiro atoms. The topological polar surface area (TPSA) is 26.0 Å². The van der Waals surface area contributed by atoms with E-state index in [4.69, 9.17) is 40.5 Å². The summed E-state index contributed by atoms with van der Waals surface area (Å²) in [5.41, 5.74) is 6.59. The summed E-state index contributed by atoms with van der Waals surface area (Å²) in [5.74, 6) is 0. The molecule has 2 N–H and O–H groups in total. The normalized spacial score (nSPS) is 11.8. The van der Waals surface area contributed by atoms with Crippen LogP contribution in [0.5, 0.6) is 0 Å². The van der Waals surface area contributed by atoms with Gasteiger partial charge in [-0.05, 0) is 17.5 Å². The molecule has 1 nitrogen and oxygen atoms in total. The molecule has 1 aromatic rings. The van der Waals surface area contributed by atoms with Gasteiger partial charge in [-0.15, -0.1) is 12.6 Å². The van der Waals surface area contributed by atoms with Gasteiger partial charge in [-0.2, -0.15) is 0 Å². The molecule has 0 aromatic heterocycles. The summed E-state index contributed by atoms with van der Waals surface area (Å²) in [5, 5.41) is 2.74. The Morgan fingerprint density at radius 1 is 1.23 bits per heavy atom. The first-order chi connectivity index (χ1) is 6.06. The zero-order valence-corrected chi connectivity index (χ0v) is 9.55. The highest BCUT2D eigenvalue weighted by atomic mass is 35.5. The molecule has 0 aliphatic heterocycles. The third kappa shape index (κ3) is 2.47. The van der Waals surface area contributed by atoms with Gasteiger partial charge >= 0.3 is 0 Å². The van der Waals surface area contributed by atoms with Crippen LogP contribution in [0.15, 0.2) is 17.5 Å². The molecule has 0 bridgehead atoms. The van der Waals surface area contributed by atoms with Crippen LogP contribution < -0.4 is 5.73 Å². The molecule has 0 saturated carbocycles. The van der Waals surface area contributed by atoms with Crippen molar-refractivity contribution in [2.45, 2.75) is 0 Å². The molecular formula is C8H6Cl3NS. The van der Waals surface area contributed by atoms with E-state index in [0.717, 1.165) is 0 Å². The van der Waals surface area contributed by atoms with Gasteiger partial charge in [-0.25, -0.2) is 0 Å². The van der Waals surface area contributed by atoms with Crippen molar-refractivity contribution < 1.29 is 0 Å². The van der Waals surface area contributed by atoms with E-state index >= 15 is 0 Å². The molecule has 0 unspecified atom stereocenters. The van der Waals surface area contributed by atoms with Crippen molar-refractivity contribution in [3.05, 3.63) is 38.2 Å². The van der Waals surface area contributed by atoms with Crippen LogP contribution in [0.4, 0.5) is 0 Å². The van der Waals surface area contributed by atoms with Gasteiger partial charge < -0.3 is 5.73 Å². The Morgan fingerprint density at radius 3 is 2.08 bits per heavy atom. The number of hydrogen-bond donors (Lipinski definition) is 2. The third-order valence-electron chi connectivity index (χ3n) is 1.43. The molecule has 0 atom stereocenters. The van der Waals surface area contributed by atoms with E-state index in [0.29, 0.717) is 26.3 Å². The Morgan fingerprint density at radius 2 is 1.69 bits per heavy atom. The Bertz CT molecular complexity index is 339. The summed E-state index contributed by atoms with van der Waals surface area (Å²) in [6.45, 7) is 0. The van der Waals surface area contributed by atoms with Crippen LogP contribution >= 0.6 is 47.4 Å². The Labute approximate surface area is 96.9 Å². The van der Waals surface area contributed by atoms with Crippen LogP contribution in [-0.4, -0.2) is 0 Å². The van der Waals surface area contributed by atoms with Gasteiger partial charge in [-0.1, -0.05) is 34.8 Å². The van der Waals surface area contributed by atoms with Gasteiger partial charge in [0.15, 0.2) is 0 Å². The summed E-state index contributed by atoms with van der Waals surface area (Å²) in [6, 6.07) is 3.16. The summed E-state index contributed by atoms with van der Waals surface area (Å²) >= 11 is 21.4. The maximum Gasteiger partial charge on any atom is 0.0529 e. The van der Waals surface area contributed by atoms with Crippen molar-refractivity contribution in [1.82, 2.24) is 0 Å². The van der Waals surface area contributed by atoms with Crippen LogP contribution in [0.1, 0.15) is 5.56 Å². The second-order valence-electron chi connectivity index (χ2n) is 2.33. The lowest BCUT2D eigenvalue weighted by atomic mass is 10.2. The molecule has 0 aliphatic rings. The van der Waals surface area contributed by atoms with E-state index in [1.807, 2.05) is 0 Å². The monoisotopic (exact) mass is 253 g/mol. The number of thiol groups is 1. The van der Waals surface area contributed by atoms with Crippen LogP contribution in [0, 0.1) is 0 Å². The molecule has 0 amide bonds. The maximum atomic E-state index is 5.88. The number of nitrogens with two attached hydrogens (primary N) is 1. The first kappa shape index (κ1) is 11.1. The number of benzene rings is 1. The lowest BCUT2D eigenvalue weighted by Crippen LogP contribution is -1.97. The smallest absolute Gasteiger partial charge is 0.0529 e. The van der Waals surface area contributed by atoms with E-state index in [1.165, 1.54) is 5.41 Å². The second-order valence-corrected chi connectivity index (χ2v) is 3.84. The number of halogens is 3. The van der Waals surface area contributed by atoms with Crippen molar-refractivity contribution in [3.63, 3.8) is 0 Å². The van der Waals surface area contributed by atoms with Gasteiger partial charge in [-0.3, -0.25) is 0 Å². The van der Waals surface area contributed by atoms with Gasteiger partial charge in [0.2, 0.25) is 0 Å². The van der Waals surface area contributed by atoms with E-state index < -0.39 is 0 Å². The molecule has 1 rings (SSSR count). The molecule has 0 fully saturated rings. The largest absolute Gasteiger partial charge is 0.398 e. The predicted octanol–water partition coefficient (Wildman–Crippen LogP) is 3.83. The zero-order chi connectivity index (χ0) is 10.0. The van der Waals surface area contributed by atoms with Crippen molar-refractivity contribution in [2.24, 2.45) is 5.73 Å². The Hall–Kier alpha value is -0.0200. The summed E-state index contributed by atoms with van der Waals surface area (Å²) in [7, 11) is 0. The molecule has 0 aliphatic carbocycles. The highest BCUT2D eigenvalue weighted by Gasteiger charge is 2.09. The fraction of sp³-hybridized carbons (Fsp3) is 0. The van der Waals surface area contributed by atoms with Crippen LogP contribution in [0.25, 0.3) is 5.70 Å². The molecule has 0 saturated heterocycles. The van der Waals surface area contributed by atoms with Crippen molar-refractivity contribution in [2.75, 3.05) is 0 Å². The maximum absolute atomic E-state index is 5.88. The highest BCUT2D eigenvalue weighted by Crippen LogP contribution is 2.32. The molecular weight excluding hydrogens is 249 g/mol. The number of hydrogen-bond acceptors (Lipinski definition) is 2. The van der Waals surface area contributed by atoms with Crippen LogP contribution in [-0.2, 0) is 0 Å². The van der Waals surface area contributed by atoms with Crippen molar-refractivity contribution in [1.29, 1.82) is 0 Å². The standard InChI is InChI=1S/C8H6Cl3NS/c9-4-1-5(10)8(6(11)2-4)7(12)3-13/h1-3,13H,12H2/b7-3-. The van der Waals surface area contributed by atoms with Gasteiger partial charge in [0, 0.05) is 16.3 Å². The summed E-state index contributed by atoms with van der Waals surface area (Å²) in [4.78, 5) is 0. The lowest BCUT2D eigenvalue weighted by Gasteiger charge is -2.06. The van der Waals surface area contributed by atoms with E-state index in [2.05, 4.69) is 12.6 Å². The first-order valence-electron chi connectivity index (χ1n) is 3.31. The molecule has 1 aromatic carbocycles. The highest BCUT2D eigenvalue weighted by molar-refractivity contribution is 7.83. The minimum atomic E-state index is 0.412. The van der Waals surface area contributed by atoms with Crippen molar-refractivity contribution >= 4 is 53.1 Å². The first-order valence-corrected chi connectivity index (χ1v) is 4.96. The minimum absolute atomic E-state index is 0.412. The molecule has 13 heavy (non-hydrogen) atoms. The third-order valence-corrected chi connectivity index (χ3v) is 2.53. The van der Waals surface area contributed by atoms with Crippen LogP contribution in [0.2, 0.25) is 15.1 Å². The quantitative estimate of drug-likeness (QED) is 0.732. The van der Waals surface area contributed by atoms with Gasteiger partial charge in [0.25, 0.3) is 0 Å². The predicted molar refractivity (Wildman–Crippen MR) is 62.6 cm³/mol. The molecule has 70 valence electrons. The van der Waals surface area contributed by atoms with Gasteiger partial charge in [0.05, 0.1) is 10.0 Å². The van der Waals surface area contributed by atoms with Crippen molar-refractivity contribution in [3.8, 4) is 0 Å². The minimum Gasteiger partial charge on any atom is -0.398 e. The summed E-state index contributed by atoms with van der Waals surface area (Å²) in [6.07, 6.45) is 0. The fourth-order valence-corrected chi connectivity index (χ4v) is 2.05. The zero-order valence-electron chi connectivity index (χ0n) is 6.39. The molecule has 5 heteroatoms. The number of rotatable bonds is 1. The van der Waals surface area contributed by atoms with Crippen LogP contribution in [0.3, 0.4) is 0 Å². The van der Waals surface area contributed by atoms with E-state index in [-0.39, 0.29) is 0 Å². The molecule has 0 radical (unpaired) electrons. The SMILES string of the molecule is N/C(=C\S)c1c(Cl)cc(Cl)cc1Cl. The fourth-order valence-electron chi connectivity index (χ4n) is 0.883. The lowest BCUT2D eigenvalue weighted by molar-refractivity contribution is 1.53.